The van der Waals surface area contributed by atoms with Crippen LogP contribution in [0.5, 0.6) is 5.75 Å². The first-order valence-electron chi connectivity index (χ1n) is 8.17. The van der Waals surface area contributed by atoms with Crippen LogP contribution in [-0.2, 0) is 9.53 Å². The monoisotopic (exact) mass is 344 g/mol. The summed E-state index contributed by atoms with van der Waals surface area (Å²) in [7, 11) is 0. The number of rotatable bonds is 7. The van der Waals surface area contributed by atoms with Crippen LogP contribution in [0.4, 0.5) is 5.69 Å². The van der Waals surface area contributed by atoms with E-state index in [0.29, 0.717) is 18.0 Å². The summed E-state index contributed by atoms with van der Waals surface area (Å²) in [5.74, 6) is 0.268. The lowest BCUT2D eigenvalue weighted by molar-refractivity contribution is -0.123. The molecule has 0 aliphatic carbocycles. The molecular formula is C18H20N2O5. The third-order valence-corrected chi connectivity index (χ3v) is 3.78. The van der Waals surface area contributed by atoms with Gasteiger partial charge in [0.25, 0.3) is 11.8 Å². The quantitative estimate of drug-likeness (QED) is 0.804. The van der Waals surface area contributed by atoms with E-state index in [4.69, 9.17) is 13.9 Å². The van der Waals surface area contributed by atoms with Crippen LogP contribution in [0.25, 0.3) is 0 Å². The molecule has 0 bridgehead atoms. The molecular weight excluding hydrogens is 324 g/mol. The van der Waals surface area contributed by atoms with Crippen molar-refractivity contribution in [2.24, 2.45) is 0 Å². The minimum Gasteiger partial charge on any atom is -0.484 e. The topological polar surface area (TPSA) is 89.8 Å². The Kier molecular flexibility index (Phi) is 5.69. The van der Waals surface area contributed by atoms with Crippen molar-refractivity contribution in [2.45, 2.75) is 18.9 Å². The first-order chi connectivity index (χ1) is 12.2. The zero-order chi connectivity index (χ0) is 17.5. The molecule has 0 unspecified atom stereocenters. The number of furan rings is 1. The summed E-state index contributed by atoms with van der Waals surface area (Å²) in [4.78, 5) is 23.6. The third-order valence-electron chi connectivity index (χ3n) is 3.78. The summed E-state index contributed by atoms with van der Waals surface area (Å²) in [6.07, 6.45) is 3.57. The molecule has 2 heterocycles. The highest BCUT2D eigenvalue weighted by Crippen LogP contribution is 2.16. The van der Waals surface area contributed by atoms with Gasteiger partial charge in [-0.25, -0.2) is 0 Å². The van der Waals surface area contributed by atoms with Gasteiger partial charge in [-0.2, -0.15) is 0 Å². The Hall–Kier alpha value is -2.80. The van der Waals surface area contributed by atoms with Crippen LogP contribution in [0.15, 0.2) is 47.1 Å². The Morgan fingerprint density at radius 1 is 1.20 bits per heavy atom. The van der Waals surface area contributed by atoms with Crippen molar-refractivity contribution in [1.29, 1.82) is 0 Å². The molecule has 0 spiro atoms. The largest absolute Gasteiger partial charge is 0.484 e. The van der Waals surface area contributed by atoms with Crippen molar-refractivity contribution in [2.75, 3.05) is 25.1 Å². The third kappa shape index (κ3) is 5.09. The summed E-state index contributed by atoms with van der Waals surface area (Å²) in [5, 5.41) is 5.50. The van der Waals surface area contributed by atoms with Gasteiger partial charge < -0.3 is 24.5 Å². The lowest BCUT2D eigenvalue weighted by atomic mass is 10.2. The number of carbonyl (C=O) groups is 2. The molecule has 1 fully saturated rings. The van der Waals surface area contributed by atoms with Gasteiger partial charge in [-0.1, -0.05) is 0 Å². The first-order valence-corrected chi connectivity index (χ1v) is 8.17. The number of carbonyl (C=O) groups excluding carboxylic acids is 2. The van der Waals surface area contributed by atoms with Crippen molar-refractivity contribution in [3.05, 3.63) is 48.4 Å². The molecule has 1 aliphatic rings. The van der Waals surface area contributed by atoms with Gasteiger partial charge in [-0.15, -0.1) is 0 Å². The molecule has 7 nitrogen and oxygen atoms in total. The minimum atomic E-state index is -0.327. The second kappa shape index (κ2) is 8.34. The molecule has 1 atom stereocenters. The van der Waals surface area contributed by atoms with Crippen LogP contribution >= 0.6 is 0 Å². The van der Waals surface area contributed by atoms with Crippen LogP contribution < -0.4 is 15.4 Å². The highest BCUT2D eigenvalue weighted by atomic mass is 16.5. The number of anilines is 1. The van der Waals surface area contributed by atoms with Gasteiger partial charge in [0, 0.05) is 18.8 Å². The van der Waals surface area contributed by atoms with Crippen molar-refractivity contribution in [3.63, 3.8) is 0 Å². The Bertz CT molecular complexity index is 691. The van der Waals surface area contributed by atoms with Crippen molar-refractivity contribution >= 4 is 17.5 Å². The average Bonchev–Trinajstić information content (AvgIpc) is 3.33. The Labute approximate surface area is 145 Å². The van der Waals surface area contributed by atoms with Gasteiger partial charge in [0.1, 0.15) is 5.75 Å². The fourth-order valence-electron chi connectivity index (χ4n) is 2.47. The van der Waals surface area contributed by atoms with Gasteiger partial charge in [0.05, 0.1) is 12.4 Å². The summed E-state index contributed by atoms with van der Waals surface area (Å²) < 4.78 is 15.9. The number of hydrogen-bond acceptors (Lipinski definition) is 5. The predicted octanol–water partition coefficient (Wildman–Crippen LogP) is 2.21. The standard InChI is InChI=1S/C18H20N2O5/c21-17(19-11-15-3-1-9-23-15)12-25-14-7-5-13(6-8-14)20-18(22)16-4-2-10-24-16/h2,4-8,10,15H,1,3,9,11-12H2,(H,19,21)(H,20,22)/t15-/m0/s1. The van der Waals surface area contributed by atoms with E-state index in [-0.39, 0.29) is 30.3 Å². The van der Waals surface area contributed by atoms with Crippen LogP contribution in [0.3, 0.4) is 0 Å². The smallest absolute Gasteiger partial charge is 0.291 e. The molecule has 7 heteroatoms. The molecule has 0 radical (unpaired) electrons. The highest BCUT2D eigenvalue weighted by molar-refractivity contribution is 6.02. The molecule has 0 saturated carbocycles. The zero-order valence-corrected chi connectivity index (χ0v) is 13.7. The lowest BCUT2D eigenvalue weighted by Crippen LogP contribution is -2.35. The van der Waals surface area contributed by atoms with E-state index < -0.39 is 0 Å². The number of benzene rings is 1. The average molecular weight is 344 g/mol. The SMILES string of the molecule is O=C(COc1ccc(NC(=O)c2ccco2)cc1)NC[C@@H]1CCCO1. The fraction of sp³-hybridized carbons (Fsp3) is 0.333. The van der Waals surface area contributed by atoms with Crippen LogP contribution in [-0.4, -0.2) is 37.7 Å². The summed E-state index contributed by atoms with van der Waals surface area (Å²) in [6, 6.07) is 9.99. The van der Waals surface area contributed by atoms with E-state index in [1.54, 1.807) is 36.4 Å². The van der Waals surface area contributed by atoms with Gasteiger partial charge in [0.15, 0.2) is 12.4 Å². The van der Waals surface area contributed by atoms with E-state index in [9.17, 15) is 9.59 Å². The number of hydrogen-bond donors (Lipinski definition) is 2. The summed E-state index contributed by atoms with van der Waals surface area (Å²) in [6.45, 7) is 1.21. The van der Waals surface area contributed by atoms with Crippen molar-refractivity contribution in [3.8, 4) is 5.75 Å². The fourth-order valence-corrected chi connectivity index (χ4v) is 2.47. The number of nitrogens with one attached hydrogen (secondary N) is 2. The Morgan fingerprint density at radius 3 is 2.72 bits per heavy atom. The minimum absolute atomic E-state index is 0.0647. The molecule has 1 aliphatic heterocycles. The van der Waals surface area contributed by atoms with Crippen molar-refractivity contribution < 1.29 is 23.5 Å². The molecule has 2 amide bonds. The van der Waals surface area contributed by atoms with E-state index >= 15 is 0 Å². The first kappa shape index (κ1) is 17.0. The molecule has 1 saturated heterocycles. The molecule has 2 aromatic rings. The summed E-state index contributed by atoms with van der Waals surface area (Å²) in [5.41, 5.74) is 0.608. The van der Waals surface area contributed by atoms with E-state index in [2.05, 4.69) is 10.6 Å². The van der Waals surface area contributed by atoms with E-state index in [1.165, 1.54) is 6.26 Å². The van der Waals surface area contributed by atoms with Crippen LogP contribution in [0.2, 0.25) is 0 Å². The van der Waals surface area contributed by atoms with E-state index in [0.717, 1.165) is 19.4 Å². The molecule has 25 heavy (non-hydrogen) atoms. The number of ether oxygens (including phenoxy) is 2. The lowest BCUT2D eigenvalue weighted by Gasteiger charge is -2.11. The molecule has 1 aromatic carbocycles. The zero-order valence-electron chi connectivity index (χ0n) is 13.7. The number of amides is 2. The van der Waals surface area contributed by atoms with Crippen molar-refractivity contribution in [1.82, 2.24) is 5.32 Å². The molecule has 2 N–H and O–H groups in total. The summed E-state index contributed by atoms with van der Waals surface area (Å²) >= 11 is 0. The maximum absolute atomic E-state index is 11.9. The van der Waals surface area contributed by atoms with E-state index in [1.807, 2.05) is 0 Å². The Balaban J connectivity index is 1.41. The van der Waals surface area contributed by atoms with Crippen LogP contribution in [0.1, 0.15) is 23.4 Å². The Morgan fingerprint density at radius 2 is 2.04 bits per heavy atom. The van der Waals surface area contributed by atoms with Crippen LogP contribution in [0, 0.1) is 0 Å². The van der Waals surface area contributed by atoms with Gasteiger partial charge in [0.2, 0.25) is 0 Å². The normalized spacial score (nSPS) is 16.4. The predicted molar refractivity (Wildman–Crippen MR) is 90.6 cm³/mol. The maximum atomic E-state index is 11.9. The molecule has 3 rings (SSSR count). The highest BCUT2D eigenvalue weighted by Gasteiger charge is 2.16. The molecule has 1 aromatic heterocycles. The maximum Gasteiger partial charge on any atom is 0.291 e. The molecule has 132 valence electrons. The van der Waals surface area contributed by atoms with Gasteiger partial charge in [-0.3, -0.25) is 9.59 Å². The second-order valence-electron chi connectivity index (χ2n) is 5.68. The van der Waals surface area contributed by atoms with Gasteiger partial charge in [-0.05, 0) is 49.2 Å². The second-order valence-corrected chi connectivity index (χ2v) is 5.68. The van der Waals surface area contributed by atoms with Gasteiger partial charge >= 0.3 is 0 Å².